The maximum atomic E-state index is 14.7. The molecule has 1 N–H and O–H groups in total. The molecule has 1 aliphatic heterocycles. The van der Waals surface area contributed by atoms with Crippen LogP contribution in [0.4, 0.5) is 13.9 Å². The summed E-state index contributed by atoms with van der Waals surface area (Å²) < 4.78 is 45.9. The number of aliphatic hydroxyl groups excluding tert-OH is 1. The van der Waals surface area contributed by atoms with Crippen molar-refractivity contribution in [2.75, 3.05) is 19.1 Å². The number of carbonyl (C=O) groups excluding carboxylic acids is 2. The number of ketones is 1. The molecule has 1 unspecified atom stereocenters. The Bertz CT molecular complexity index is 2020. The first-order valence-electron chi connectivity index (χ1n) is 14.5. The second-order valence-corrected chi connectivity index (χ2v) is 12.6. The average Bonchev–Trinajstić information content (AvgIpc) is 3.68. The van der Waals surface area contributed by atoms with E-state index in [2.05, 4.69) is 10.2 Å². The Labute approximate surface area is 282 Å². The quantitative estimate of drug-likeness (QED) is 0.0502. The van der Waals surface area contributed by atoms with Crippen LogP contribution in [0.2, 0.25) is 0 Å². The molecule has 244 valence electrons. The molecule has 0 radical (unpaired) electrons. The topological polar surface area (TPSA) is 111 Å². The van der Waals surface area contributed by atoms with E-state index in [0.717, 1.165) is 27.9 Å². The molecule has 9 nitrogen and oxygen atoms in total. The van der Waals surface area contributed by atoms with Gasteiger partial charge in [-0.2, -0.15) is 0 Å². The van der Waals surface area contributed by atoms with Gasteiger partial charge in [0.2, 0.25) is 5.13 Å². The van der Waals surface area contributed by atoms with Gasteiger partial charge in [-0.15, -0.1) is 10.2 Å². The molecule has 6 rings (SSSR count). The Morgan fingerprint density at radius 2 is 1.60 bits per heavy atom. The van der Waals surface area contributed by atoms with Crippen LogP contribution in [0.5, 0.6) is 17.2 Å². The molecule has 0 aliphatic carbocycles. The van der Waals surface area contributed by atoms with Crippen molar-refractivity contribution in [2.45, 2.75) is 22.7 Å². The number of aromatic nitrogens is 2. The predicted molar refractivity (Wildman–Crippen MR) is 177 cm³/mol. The lowest BCUT2D eigenvalue weighted by molar-refractivity contribution is -0.132. The van der Waals surface area contributed by atoms with E-state index in [1.807, 2.05) is 30.3 Å². The first kappa shape index (κ1) is 32.7. The second kappa shape index (κ2) is 14.2. The van der Waals surface area contributed by atoms with E-state index in [0.29, 0.717) is 27.0 Å². The normalized spacial score (nSPS) is 15.5. The molecule has 2 heterocycles. The van der Waals surface area contributed by atoms with Crippen molar-refractivity contribution >= 4 is 45.7 Å². The van der Waals surface area contributed by atoms with Gasteiger partial charge in [-0.1, -0.05) is 77.7 Å². The molecule has 5 aromatic rings. The molecule has 48 heavy (non-hydrogen) atoms. The van der Waals surface area contributed by atoms with Gasteiger partial charge in [0.1, 0.15) is 18.2 Å². The maximum absolute atomic E-state index is 14.7. The molecule has 0 saturated carbocycles. The zero-order valence-corrected chi connectivity index (χ0v) is 27.2. The van der Waals surface area contributed by atoms with Crippen molar-refractivity contribution in [3.63, 3.8) is 0 Å². The minimum atomic E-state index is -1.20. The zero-order valence-electron chi connectivity index (χ0n) is 25.6. The monoisotopic (exact) mass is 687 g/mol. The number of ether oxygens (including phenoxy) is 3. The van der Waals surface area contributed by atoms with E-state index in [1.54, 1.807) is 36.4 Å². The summed E-state index contributed by atoms with van der Waals surface area (Å²) in [6.07, 6.45) is 0. The summed E-state index contributed by atoms with van der Waals surface area (Å²) in [5, 5.41) is 19.9. The molecule has 1 atom stereocenters. The molecule has 0 bridgehead atoms. The Morgan fingerprint density at radius 1 is 0.875 bits per heavy atom. The van der Waals surface area contributed by atoms with E-state index in [-0.39, 0.29) is 40.2 Å². The third-order valence-corrected chi connectivity index (χ3v) is 9.63. The molecule has 1 aromatic heterocycles. The predicted octanol–water partition coefficient (Wildman–Crippen LogP) is 7.33. The number of halogens is 2. The summed E-state index contributed by atoms with van der Waals surface area (Å²) >= 11 is 2.25. The number of Topliss-reactive ketones (excluding diaryl/α,β-unsaturated/α-hetero) is 1. The van der Waals surface area contributed by atoms with Gasteiger partial charge in [0.25, 0.3) is 5.78 Å². The number of methoxy groups -OCH3 is 2. The van der Waals surface area contributed by atoms with Gasteiger partial charge in [0.15, 0.2) is 27.4 Å². The van der Waals surface area contributed by atoms with E-state index in [4.69, 9.17) is 14.2 Å². The fourth-order valence-corrected chi connectivity index (χ4v) is 6.99. The summed E-state index contributed by atoms with van der Waals surface area (Å²) in [7, 11) is 2.75. The van der Waals surface area contributed by atoms with Crippen LogP contribution in [-0.2, 0) is 21.9 Å². The number of hydrogen-bond acceptors (Lipinski definition) is 10. The number of hydrogen-bond donors (Lipinski definition) is 1. The Hall–Kier alpha value is -5.27. The highest BCUT2D eigenvalue weighted by Crippen LogP contribution is 2.46. The summed E-state index contributed by atoms with van der Waals surface area (Å²) in [5.41, 5.74) is 1.45. The molecule has 1 saturated heterocycles. The Balaban J connectivity index is 1.40. The molecule has 1 amide bonds. The summed E-state index contributed by atoms with van der Waals surface area (Å²) in [6, 6.07) is 23.3. The molecule has 1 aliphatic rings. The molecule has 13 heteroatoms. The van der Waals surface area contributed by atoms with Crippen LogP contribution in [-0.4, -0.2) is 41.2 Å². The smallest absolute Gasteiger partial charge is 0.301 e. The SMILES string of the molecule is COc1ccc(/C(O)=C2\C(=O)C(=O)N(c3nnc(SCc4ccccc4F)s3)C2c2ccc(OCc3ccccc3)c(OC)c2)cc1F. The highest BCUT2D eigenvalue weighted by atomic mass is 32.2. The van der Waals surface area contributed by atoms with Crippen LogP contribution in [0.3, 0.4) is 0 Å². The lowest BCUT2D eigenvalue weighted by Crippen LogP contribution is -2.29. The second-order valence-electron chi connectivity index (χ2n) is 10.4. The average molecular weight is 688 g/mol. The largest absolute Gasteiger partial charge is 0.507 e. The number of thioether (sulfide) groups is 1. The summed E-state index contributed by atoms with van der Waals surface area (Å²) in [6.45, 7) is 0.260. The van der Waals surface area contributed by atoms with Crippen molar-refractivity contribution in [3.8, 4) is 17.2 Å². The van der Waals surface area contributed by atoms with E-state index in [9.17, 15) is 23.5 Å². The first-order chi connectivity index (χ1) is 23.3. The third kappa shape index (κ3) is 6.60. The Kier molecular flexibility index (Phi) is 9.69. The highest BCUT2D eigenvalue weighted by Gasteiger charge is 2.48. The van der Waals surface area contributed by atoms with Gasteiger partial charge in [-0.3, -0.25) is 14.5 Å². The standard InChI is InChI=1S/C35H27F2N3O6S2/c1-44-26-14-13-22(16-25(26)37)31(41)29-30(21-12-15-27(28(17-21)45-2)46-18-20-8-4-3-5-9-20)40(33(43)32(29)42)34-38-39-35(48-34)47-19-23-10-6-7-11-24(23)36/h3-17,30,41H,18-19H2,1-2H3/b31-29+. The number of benzene rings is 4. The number of rotatable bonds is 11. The van der Waals surface area contributed by atoms with Crippen molar-refractivity contribution in [3.05, 3.63) is 130 Å². The number of anilines is 1. The number of nitrogens with zero attached hydrogens (tertiary/aromatic N) is 3. The van der Waals surface area contributed by atoms with Gasteiger partial charge in [-0.25, -0.2) is 8.78 Å². The fraction of sp³-hybridized carbons (Fsp3) is 0.143. The van der Waals surface area contributed by atoms with Crippen LogP contribution >= 0.6 is 23.1 Å². The van der Waals surface area contributed by atoms with Crippen molar-refractivity contribution < 1.29 is 37.7 Å². The van der Waals surface area contributed by atoms with Crippen LogP contribution in [0.25, 0.3) is 5.76 Å². The summed E-state index contributed by atoms with van der Waals surface area (Å²) in [5.74, 6) is -2.79. The van der Waals surface area contributed by atoms with E-state index >= 15 is 0 Å². The van der Waals surface area contributed by atoms with Gasteiger partial charge < -0.3 is 19.3 Å². The molecule has 1 fully saturated rings. The van der Waals surface area contributed by atoms with E-state index < -0.39 is 29.3 Å². The van der Waals surface area contributed by atoms with Crippen LogP contribution in [0, 0.1) is 11.6 Å². The van der Waals surface area contributed by atoms with E-state index in [1.165, 1.54) is 44.2 Å². The van der Waals surface area contributed by atoms with Gasteiger partial charge >= 0.3 is 5.91 Å². The minimum Gasteiger partial charge on any atom is -0.507 e. The van der Waals surface area contributed by atoms with Crippen LogP contribution in [0.1, 0.15) is 28.3 Å². The maximum Gasteiger partial charge on any atom is 0.301 e. The number of carbonyl (C=O) groups is 2. The van der Waals surface area contributed by atoms with Crippen molar-refractivity contribution in [1.82, 2.24) is 10.2 Å². The highest BCUT2D eigenvalue weighted by molar-refractivity contribution is 8.00. The molecular weight excluding hydrogens is 661 g/mol. The molecular formula is C35H27F2N3O6S2. The molecule has 0 spiro atoms. The minimum absolute atomic E-state index is 0.0375. The van der Waals surface area contributed by atoms with Crippen LogP contribution in [0.15, 0.2) is 101 Å². The zero-order chi connectivity index (χ0) is 33.8. The first-order valence-corrected chi connectivity index (χ1v) is 16.3. The van der Waals surface area contributed by atoms with Crippen molar-refractivity contribution in [2.24, 2.45) is 0 Å². The van der Waals surface area contributed by atoms with Crippen LogP contribution < -0.4 is 19.1 Å². The Morgan fingerprint density at radius 3 is 2.33 bits per heavy atom. The van der Waals surface area contributed by atoms with Gasteiger partial charge in [0.05, 0.1) is 25.8 Å². The van der Waals surface area contributed by atoms with Crippen molar-refractivity contribution in [1.29, 1.82) is 0 Å². The number of aliphatic hydroxyl groups is 1. The van der Waals surface area contributed by atoms with Gasteiger partial charge in [0, 0.05) is 11.3 Å². The third-order valence-electron chi connectivity index (χ3n) is 7.52. The number of amides is 1. The lowest BCUT2D eigenvalue weighted by Gasteiger charge is -2.23. The fourth-order valence-electron chi connectivity index (χ4n) is 5.14. The molecule has 4 aromatic carbocycles. The van der Waals surface area contributed by atoms with Gasteiger partial charge in [-0.05, 0) is 53.1 Å². The lowest BCUT2D eigenvalue weighted by atomic mass is 9.95. The summed E-state index contributed by atoms with van der Waals surface area (Å²) in [4.78, 5) is 28.5.